The number of carbonyl (C=O) groups excluding carboxylic acids is 1. The zero-order valence-corrected chi connectivity index (χ0v) is 22.5. The zero-order chi connectivity index (χ0) is 20.7. The molecule has 0 aromatic heterocycles. The van der Waals surface area contributed by atoms with E-state index in [0.29, 0.717) is 4.06 Å². The first-order valence-electron chi connectivity index (χ1n) is 11.5. The molecular weight excluding hydrogens is 441 g/mol. The minimum atomic E-state index is -2.53. The Morgan fingerprint density at radius 3 is 1.81 bits per heavy atom. The number of likely N-dealkylation sites (tertiary alicyclic amines) is 1. The summed E-state index contributed by atoms with van der Waals surface area (Å²) in [6.07, 6.45) is 9.02. The maximum absolute atomic E-state index is 13.2. The Hall–Kier alpha value is 0.0687. The molecule has 0 saturated carbocycles. The van der Waals surface area contributed by atoms with Crippen molar-refractivity contribution in [2.45, 2.75) is 123 Å². The molecule has 1 amide bonds. The molecule has 0 aromatic rings. The molecule has 1 aliphatic rings. The number of rotatable bonds is 10. The van der Waals surface area contributed by atoms with Crippen molar-refractivity contribution in [1.29, 1.82) is 0 Å². The second kappa shape index (κ2) is 10.7. The van der Waals surface area contributed by atoms with Crippen LogP contribution in [0.3, 0.4) is 0 Å². The molecule has 1 atom stereocenters. The molecule has 0 aromatic carbocycles. The van der Waals surface area contributed by atoms with E-state index in [4.69, 9.17) is 4.74 Å². The molecule has 27 heavy (non-hydrogen) atoms. The van der Waals surface area contributed by atoms with Crippen molar-refractivity contribution < 1.29 is 9.53 Å². The Morgan fingerprint density at radius 2 is 1.44 bits per heavy atom. The zero-order valence-electron chi connectivity index (χ0n) is 19.6. The fraction of sp³-hybridized carbons (Fsp3) is 0.957. The van der Waals surface area contributed by atoms with E-state index >= 15 is 0 Å². The standard InChI is InChI=1S/C11H20NO2.3C4H9.Sn/c1-10(2,3)14-9(13)12-7-6-11(4,5)8-12;3*1-3-4-2;/h7H,6,8H2,1-5H3;3*1,3-4H2,2H3;. The Kier molecular flexibility index (Phi) is 9.98. The summed E-state index contributed by atoms with van der Waals surface area (Å²) in [7, 11) is 0. The summed E-state index contributed by atoms with van der Waals surface area (Å²) in [5, 5.41) is 0. The van der Waals surface area contributed by atoms with Gasteiger partial charge in [-0.1, -0.05) is 0 Å². The predicted octanol–water partition coefficient (Wildman–Crippen LogP) is 7.41. The Morgan fingerprint density at radius 1 is 1.00 bits per heavy atom. The fourth-order valence-electron chi connectivity index (χ4n) is 4.79. The average molecular weight is 488 g/mol. The van der Waals surface area contributed by atoms with E-state index in [1.165, 1.54) is 58.3 Å². The van der Waals surface area contributed by atoms with Gasteiger partial charge in [0, 0.05) is 0 Å². The number of amides is 1. The normalized spacial score (nSPS) is 20.1. The van der Waals surface area contributed by atoms with Gasteiger partial charge in [-0.15, -0.1) is 0 Å². The summed E-state index contributed by atoms with van der Waals surface area (Å²) >= 11 is -2.53. The van der Waals surface area contributed by atoms with Crippen molar-refractivity contribution in [3.63, 3.8) is 0 Å². The first-order valence-corrected chi connectivity index (χ1v) is 19.2. The van der Waals surface area contributed by atoms with Crippen LogP contribution in [0.2, 0.25) is 13.3 Å². The van der Waals surface area contributed by atoms with Gasteiger partial charge < -0.3 is 0 Å². The molecule has 0 spiro atoms. The maximum atomic E-state index is 13.2. The molecule has 1 unspecified atom stereocenters. The van der Waals surface area contributed by atoms with Crippen molar-refractivity contribution in [1.82, 2.24) is 4.90 Å². The van der Waals surface area contributed by atoms with Gasteiger partial charge >= 0.3 is 174 Å². The van der Waals surface area contributed by atoms with Crippen LogP contribution in [0, 0.1) is 5.41 Å². The minimum absolute atomic E-state index is 0.0522. The summed E-state index contributed by atoms with van der Waals surface area (Å²) < 4.78 is 10.7. The second-order valence-electron chi connectivity index (χ2n) is 10.7. The van der Waals surface area contributed by atoms with Gasteiger partial charge in [0.1, 0.15) is 0 Å². The number of nitrogens with zero attached hydrogens (tertiary/aromatic N) is 1. The fourth-order valence-corrected chi connectivity index (χ4v) is 24.1. The second-order valence-corrected chi connectivity index (χ2v) is 24.6. The molecule has 0 bridgehead atoms. The molecule has 160 valence electrons. The van der Waals surface area contributed by atoms with Crippen LogP contribution in [0.15, 0.2) is 0 Å². The molecule has 1 saturated heterocycles. The first kappa shape index (κ1) is 25.1. The van der Waals surface area contributed by atoms with Gasteiger partial charge in [0.05, 0.1) is 0 Å². The Balaban J connectivity index is 3.23. The summed E-state index contributed by atoms with van der Waals surface area (Å²) in [4.78, 5) is 15.4. The van der Waals surface area contributed by atoms with Crippen LogP contribution in [-0.2, 0) is 4.74 Å². The molecule has 0 N–H and O–H groups in total. The third-order valence-corrected chi connectivity index (χ3v) is 23.2. The van der Waals surface area contributed by atoms with E-state index in [0.717, 1.165) is 6.54 Å². The summed E-state index contributed by atoms with van der Waals surface area (Å²) in [5.74, 6) is 0. The van der Waals surface area contributed by atoms with Gasteiger partial charge in [0.2, 0.25) is 0 Å². The monoisotopic (exact) mass is 489 g/mol. The molecular formula is C23H47NO2Sn. The number of unbranched alkanes of at least 4 members (excludes halogenated alkanes) is 3. The molecule has 1 fully saturated rings. The van der Waals surface area contributed by atoms with E-state index < -0.39 is 24.0 Å². The number of ether oxygens (including phenoxy) is 1. The number of hydrogen-bond acceptors (Lipinski definition) is 2. The molecule has 0 radical (unpaired) electrons. The third-order valence-electron chi connectivity index (χ3n) is 6.14. The van der Waals surface area contributed by atoms with Gasteiger partial charge in [0.15, 0.2) is 0 Å². The van der Waals surface area contributed by atoms with Gasteiger partial charge in [-0.25, -0.2) is 0 Å². The van der Waals surface area contributed by atoms with E-state index in [1.54, 1.807) is 0 Å². The molecule has 3 nitrogen and oxygen atoms in total. The van der Waals surface area contributed by atoms with Crippen LogP contribution < -0.4 is 0 Å². The van der Waals surface area contributed by atoms with Crippen LogP contribution in [0.5, 0.6) is 0 Å². The van der Waals surface area contributed by atoms with Crippen molar-refractivity contribution in [2.24, 2.45) is 5.41 Å². The number of hydrogen-bond donors (Lipinski definition) is 0. The molecule has 0 aliphatic carbocycles. The average Bonchev–Trinajstić information content (AvgIpc) is 2.89. The molecule has 4 heteroatoms. The summed E-state index contributed by atoms with van der Waals surface area (Å²) in [5.41, 5.74) is -0.197. The van der Waals surface area contributed by atoms with Crippen molar-refractivity contribution >= 4 is 24.5 Å². The van der Waals surface area contributed by atoms with Crippen molar-refractivity contribution in [3.05, 3.63) is 0 Å². The van der Waals surface area contributed by atoms with Crippen molar-refractivity contribution in [2.75, 3.05) is 6.54 Å². The Bertz CT molecular complexity index is 434. The van der Waals surface area contributed by atoms with Crippen LogP contribution >= 0.6 is 0 Å². The van der Waals surface area contributed by atoms with E-state index in [2.05, 4.69) is 39.5 Å². The summed E-state index contributed by atoms with van der Waals surface area (Å²) in [6.45, 7) is 18.5. The quantitative estimate of drug-likeness (QED) is 0.300. The molecule has 1 heterocycles. The van der Waals surface area contributed by atoms with Gasteiger partial charge in [-0.05, 0) is 0 Å². The SMILES string of the molecule is CCC[CH2][Sn]([CH2]CCC)([CH2]CCC)[CH]1CC(C)(C)CN1C(=O)OC(C)(C)C. The van der Waals surface area contributed by atoms with Crippen LogP contribution in [0.4, 0.5) is 4.79 Å². The van der Waals surface area contributed by atoms with E-state index in [9.17, 15) is 4.79 Å². The van der Waals surface area contributed by atoms with Gasteiger partial charge in [0.25, 0.3) is 0 Å². The first-order chi connectivity index (χ1) is 12.5. The third kappa shape index (κ3) is 7.78. The molecule has 1 aliphatic heterocycles. The number of carbonyl (C=O) groups is 1. The molecule has 1 rings (SSSR count). The van der Waals surface area contributed by atoms with Gasteiger partial charge in [-0.2, -0.15) is 0 Å². The van der Waals surface area contributed by atoms with Crippen LogP contribution in [0.25, 0.3) is 0 Å². The van der Waals surface area contributed by atoms with E-state index in [1.807, 2.05) is 20.8 Å². The van der Waals surface area contributed by atoms with Crippen LogP contribution in [-0.4, -0.2) is 45.6 Å². The predicted molar refractivity (Wildman–Crippen MR) is 120 cm³/mol. The Labute approximate surface area is 173 Å². The van der Waals surface area contributed by atoms with Crippen molar-refractivity contribution in [3.8, 4) is 0 Å². The van der Waals surface area contributed by atoms with E-state index in [-0.39, 0.29) is 11.5 Å². The van der Waals surface area contributed by atoms with Gasteiger partial charge in [-0.3, -0.25) is 0 Å². The summed E-state index contributed by atoms with van der Waals surface area (Å²) in [6, 6.07) is 0. The topological polar surface area (TPSA) is 29.5 Å². The van der Waals surface area contributed by atoms with Crippen LogP contribution in [0.1, 0.15) is 100 Å².